The molecule has 0 saturated carbocycles. The van der Waals surface area contributed by atoms with Crippen molar-refractivity contribution in [2.45, 2.75) is 20.0 Å². The van der Waals surface area contributed by atoms with E-state index in [9.17, 15) is 27.6 Å². The number of carbonyl (C=O) groups is 3. The lowest BCUT2D eigenvalue weighted by atomic mass is 10.2. The van der Waals surface area contributed by atoms with E-state index in [1.165, 1.54) is 0 Å². The number of quaternary nitrogens is 1. The van der Waals surface area contributed by atoms with Gasteiger partial charge >= 0.3 is 12.3 Å². The first-order valence-electron chi connectivity index (χ1n) is 8.03. The lowest BCUT2D eigenvalue weighted by molar-refractivity contribution is -0.881. The number of rotatable bonds is 7. The molecule has 0 heterocycles. The van der Waals surface area contributed by atoms with Crippen LogP contribution < -0.4 is 15.5 Å². The predicted octanol–water partition coefficient (Wildman–Crippen LogP) is 1.47. The molecule has 0 aliphatic heterocycles. The third kappa shape index (κ3) is 7.83. The third-order valence-corrected chi connectivity index (χ3v) is 3.74. The number of halogens is 4. The highest BCUT2D eigenvalue weighted by atomic mass is 35.5. The van der Waals surface area contributed by atoms with Crippen molar-refractivity contribution >= 4 is 35.2 Å². The van der Waals surface area contributed by atoms with Crippen molar-refractivity contribution in [2.24, 2.45) is 0 Å². The van der Waals surface area contributed by atoms with Crippen LogP contribution in [0.5, 0.6) is 0 Å². The van der Waals surface area contributed by atoms with Crippen molar-refractivity contribution in [3.63, 3.8) is 0 Å². The molecule has 150 valence electrons. The van der Waals surface area contributed by atoms with Crippen LogP contribution in [0.4, 0.5) is 23.7 Å². The summed E-state index contributed by atoms with van der Waals surface area (Å²) in [5.74, 6) is -1.27. The van der Waals surface area contributed by atoms with Crippen molar-refractivity contribution in [3.8, 4) is 0 Å². The molecule has 11 heteroatoms. The number of alkyl carbamates (subject to hydrolysis) is 1. The second-order valence-electron chi connectivity index (χ2n) is 5.47. The maximum absolute atomic E-state index is 12.8. The standard InChI is InChI=1S/C16H19ClF3N3O4/c1-3-23(9-14(25)22-15(26)27-4-2)8-13(24)21-12-7-10(16(18,19)20)5-6-11(12)17/h5-7H,3-4,8-9H2,1-2H3,(H,21,24)(H,22,25,26)/p+1. The number of carbonyl (C=O) groups excluding carboxylic acids is 3. The molecule has 0 radical (unpaired) electrons. The number of imide groups is 1. The third-order valence-electron chi connectivity index (χ3n) is 3.41. The molecular formula is C16H20ClF3N3O4+. The molecular weight excluding hydrogens is 391 g/mol. The van der Waals surface area contributed by atoms with Gasteiger partial charge in [0.2, 0.25) is 0 Å². The lowest BCUT2D eigenvalue weighted by Crippen LogP contribution is -3.14. The number of amides is 3. The van der Waals surface area contributed by atoms with E-state index in [1.807, 2.05) is 5.32 Å². The number of hydrogen-bond acceptors (Lipinski definition) is 4. The molecule has 1 rings (SSSR count). The quantitative estimate of drug-likeness (QED) is 0.635. The molecule has 1 unspecified atom stereocenters. The molecule has 1 atom stereocenters. The van der Waals surface area contributed by atoms with Crippen LogP contribution in [0.25, 0.3) is 0 Å². The Labute approximate surface area is 158 Å². The maximum Gasteiger partial charge on any atom is 0.416 e. The predicted molar refractivity (Wildman–Crippen MR) is 91.5 cm³/mol. The normalized spacial score (nSPS) is 12.2. The average molecular weight is 411 g/mol. The molecule has 3 amide bonds. The lowest BCUT2D eigenvalue weighted by Gasteiger charge is -2.17. The monoisotopic (exact) mass is 410 g/mol. The highest BCUT2D eigenvalue weighted by Crippen LogP contribution is 2.33. The van der Waals surface area contributed by atoms with Gasteiger partial charge in [0.15, 0.2) is 13.1 Å². The number of ether oxygens (including phenoxy) is 1. The van der Waals surface area contributed by atoms with Crippen LogP contribution in [0.2, 0.25) is 5.02 Å². The minimum Gasteiger partial charge on any atom is -0.450 e. The summed E-state index contributed by atoms with van der Waals surface area (Å²) < 4.78 is 42.9. The Hall–Kier alpha value is -2.33. The summed E-state index contributed by atoms with van der Waals surface area (Å²) in [4.78, 5) is 35.5. The first-order chi connectivity index (χ1) is 12.6. The Morgan fingerprint density at radius 2 is 1.78 bits per heavy atom. The van der Waals surface area contributed by atoms with Crippen LogP contribution >= 0.6 is 11.6 Å². The maximum atomic E-state index is 12.8. The van der Waals surface area contributed by atoms with Crippen molar-refractivity contribution < 1.29 is 37.2 Å². The molecule has 0 fully saturated rings. The summed E-state index contributed by atoms with van der Waals surface area (Å²) in [5, 5.41) is 4.26. The zero-order chi connectivity index (χ0) is 20.6. The van der Waals surface area contributed by atoms with E-state index < -0.39 is 29.6 Å². The molecule has 27 heavy (non-hydrogen) atoms. The van der Waals surface area contributed by atoms with E-state index in [1.54, 1.807) is 13.8 Å². The Kier molecular flexibility index (Phi) is 8.51. The molecule has 7 nitrogen and oxygen atoms in total. The van der Waals surface area contributed by atoms with E-state index in [4.69, 9.17) is 11.6 Å². The van der Waals surface area contributed by atoms with Crippen LogP contribution in [0.1, 0.15) is 19.4 Å². The fourth-order valence-corrected chi connectivity index (χ4v) is 2.25. The Bertz CT molecular complexity index is 698. The highest BCUT2D eigenvalue weighted by molar-refractivity contribution is 6.33. The fraction of sp³-hybridized carbons (Fsp3) is 0.438. The molecule has 0 bridgehead atoms. The van der Waals surface area contributed by atoms with Crippen LogP contribution in [0, 0.1) is 0 Å². The zero-order valence-electron chi connectivity index (χ0n) is 14.7. The smallest absolute Gasteiger partial charge is 0.416 e. The van der Waals surface area contributed by atoms with Gasteiger partial charge in [-0.1, -0.05) is 11.6 Å². The van der Waals surface area contributed by atoms with Gasteiger partial charge in [0.05, 0.1) is 29.4 Å². The van der Waals surface area contributed by atoms with Gasteiger partial charge in [0.25, 0.3) is 11.8 Å². The van der Waals surface area contributed by atoms with Crippen LogP contribution in [-0.2, 0) is 20.5 Å². The second kappa shape index (κ2) is 10.1. The first kappa shape index (κ1) is 22.7. The minimum absolute atomic E-state index is 0.0468. The second-order valence-corrected chi connectivity index (χ2v) is 5.87. The van der Waals surface area contributed by atoms with Crippen molar-refractivity contribution in [1.29, 1.82) is 0 Å². The largest absolute Gasteiger partial charge is 0.450 e. The van der Waals surface area contributed by atoms with E-state index >= 15 is 0 Å². The number of benzene rings is 1. The SMILES string of the molecule is CCOC(=O)NC(=O)C[NH+](CC)CC(=O)Nc1cc(C(F)(F)F)ccc1Cl. The van der Waals surface area contributed by atoms with Gasteiger partial charge in [-0.3, -0.25) is 14.9 Å². The van der Waals surface area contributed by atoms with Gasteiger partial charge in [-0.25, -0.2) is 4.79 Å². The molecule has 0 aliphatic rings. The number of nitrogens with one attached hydrogen (secondary N) is 3. The zero-order valence-corrected chi connectivity index (χ0v) is 15.5. The van der Waals surface area contributed by atoms with E-state index in [2.05, 4.69) is 10.1 Å². The minimum atomic E-state index is -4.57. The van der Waals surface area contributed by atoms with Crippen molar-refractivity contribution in [1.82, 2.24) is 5.32 Å². The molecule has 0 aliphatic carbocycles. The van der Waals surface area contributed by atoms with Crippen LogP contribution in [0.3, 0.4) is 0 Å². The molecule has 1 aromatic carbocycles. The topological polar surface area (TPSA) is 88.9 Å². The van der Waals surface area contributed by atoms with E-state index in [-0.39, 0.29) is 30.4 Å². The molecule has 3 N–H and O–H groups in total. The summed E-state index contributed by atoms with van der Waals surface area (Å²) in [6.07, 6.45) is -5.46. The number of anilines is 1. The molecule has 0 spiro atoms. The summed E-state index contributed by atoms with van der Waals surface area (Å²) >= 11 is 5.83. The summed E-state index contributed by atoms with van der Waals surface area (Å²) in [6, 6.07) is 2.58. The first-order valence-corrected chi connectivity index (χ1v) is 8.41. The van der Waals surface area contributed by atoms with Crippen LogP contribution in [-0.4, -0.2) is 44.1 Å². The number of alkyl halides is 3. The van der Waals surface area contributed by atoms with E-state index in [0.717, 1.165) is 18.2 Å². The van der Waals surface area contributed by atoms with Gasteiger partial charge in [-0.05, 0) is 32.0 Å². The Balaban J connectivity index is 2.69. The summed E-state index contributed by atoms with van der Waals surface area (Å²) in [7, 11) is 0. The van der Waals surface area contributed by atoms with Gasteiger partial charge in [0, 0.05) is 0 Å². The highest BCUT2D eigenvalue weighted by Gasteiger charge is 2.31. The Morgan fingerprint density at radius 3 is 2.33 bits per heavy atom. The fourth-order valence-electron chi connectivity index (χ4n) is 2.08. The summed E-state index contributed by atoms with van der Waals surface area (Å²) in [5.41, 5.74) is -1.13. The van der Waals surface area contributed by atoms with Gasteiger partial charge in [-0.15, -0.1) is 0 Å². The van der Waals surface area contributed by atoms with Crippen LogP contribution in [0.15, 0.2) is 18.2 Å². The van der Waals surface area contributed by atoms with Crippen molar-refractivity contribution in [2.75, 3.05) is 31.6 Å². The van der Waals surface area contributed by atoms with Crippen molar-refractivity contribution in [3.05, 3.63) is 28.8 Å². The number of hydrogen-bond donors (Lipinski definition) is 3. The molecule has 0 aromatic heterocycles. The molecule has 1 aromatic rings. The Morgan fingerprint density at radius 1 is 1.15 bits per heavy atom. The van der Waals surface area contributed by atoms with Gasteiger partial charge in [0.1, 0.15) is 0 Å². The summed E-state index contributed by atoms with van der Waals surface area (Å²) in [6.45, 7) is 3.34. The van der Waals surface area contributed by atoms with Gasteiger partial charge < -0.3 is 15.0 Å². The molecule has 0 saturated heterocycles. The van der Waals surface area contributed by atoms with Gasteiger partial charge in [-0.2, -0.15) is 13.2 Å². The average Bonchev–Trinajstić information content (AvgIpc) is 2.55. The number of likely N-dealkylation sites (N-methyl/N-ethyl adjacent to an activating group) is 1. The van der Waals surface area contributed by atoms with E-state index in [0.29, 0.717) is 11.4 Å².